The molecule has 1 unspecified atom stereocenters. The molecule has 29 heavy (non-hydrogen) atoms. The molecule has 1 aliphatic carbocycles. The van der Waals surface area contributed by atoms with Gasteiger partial charge in [0, 0.05) is 18.3 Å². The predicted octanol–water partition coefficient (Wildman–Crippen LogP) is 3.33. The molecule has 1 amide bonds. The lowest BCUT2D eigenvalue weighted by Crippen LogP contribution is -2.50. The van der Waals surface area contributed by atoms with Crippen LogP contribution < -0.4 is 10.1 Å². The fourth-order valence-electron chi connectivity index (χ4n) is 4.14. The first kappa shape index (κ1) is 19.9. The highest BCUT2D eigenvalue weighted by Gasteiger charge is 2.36. The zero-order valence-corrected chi connectivity index (χ0v) is 17.3. The summed E-state index contributed by atoms with van der Waals surface area (Å²) in [6.07, 6.45) is 6.22. The van der Waals surface area contributed by atoms with Gasteiger partial charge >= 0.3 is 0 Å². The van der Waals surface area contributed by atoms with E-state index in [4.69, 9.17) is 4.74 Å². The molecule has 1 aliphatic heterocycles. The first-order valence-corrected chi connectivity index (χ1v) is 11.9. The maximum absolute atomic E-state index is 13.0. The third kappa shape index (κ3) is 4.62. The van der Waals surface area contributed by atoms with Gasteiger partial charge in [0.25, 0.3) is 0 Å². The van der Waals surface area contributed by atoms with Crippen LogP contribution in [0, 0.1) is 0 Å². The largest absolute Gasteiger partial charge is 0.490 e. The van der Waals surface area contributed by atoms with Crippen LogP contribution in [0.25, 0.3) is 0 Å². The standard InChI is InChI=1S/C22H26N2O4S/c1-29(26,27)24-15-17-8-3-2-7-16(17)13-21(24)22(25)23-18-9-6-12-20(14-18)28-19-10-4-5-11-19/h2-3,6-9,12,14,19,21H,4-5,10-11,13,15H2,1H3,(H,23,25). The van der Waals surface area contributed by atoms with Crippen molar-refractivity contribution >= 4 is 21.6 Å². The Bertz CT molecular complexity index is 999. The number of hydrogen-bond donors (Lipinski definition) is 1. The number of ether oxygens (including phenoxy) is 1. The molecule has 154 valence electrons. The molecule has 2 aromatic rings. The van der Waals surface area contributed by atoms with E-state index in [-0.39, 0.29) is 18.6 Å². The summed E-state index contributed by atoms with van der Waals surface area (Å²) in [6, 6.07) is 14.2. The second-order valence-corrected chi connectivity index (χ2v) is 9.77. The van der Waals surface area contributed by atoms with E-state index >= 15 is 0 Å². The third-order valence-corrected chi connectivity index (χ3v) is 6.88. The Kier molecular flexibility index (Phi) is 5.61. The van der Waals surface area contributed by atoms with Gasteiger partial charge in [-0.15, -0.1) is 0 Å². The molecule has 2 aromatic carbocycles. The van der Waals surface area contributed by atoms with Crippen molar-refractivity contribution in [3.63, 3.8) is 0 Å². The maximum Gasteiger partial charge on any atom is 0.243 e. The molecule has 0 aromatic heterocycles. The molecule has 0 saturated heterocycles. The van der Waals surface area contributed by atoms with Crippen LogP contribution in [0.3, 0.4) is 0 Å². The number of carbonyl (C=O) groups is 1. The Morgan fingerprint density at radius 2 is 1.79 bits per heavy atom. The number of carbonyl (C=O) groups excluding carboxylic acids is 1. The van der Waals surface area contributed by atoms with Crippen molar-refractivity contribution in [2.75, 3.05) is 11.6 Å². The number of nitrogens with zero attached hydrogens (tertiary/aromatic N) is 1. The summed E-state index contributed by atoms with van der Waals surface area (Å²) in [5.74, 6) is 0.395. The van der Waals surface area contributed by atoms with Crippen molar-refractivity contribution in [2.24, 2.45) is 0 Å². The van der Waals surface area contributed by atoms with Crippen LogP contribution in [0.4, 0.5) is 5.69 Å². The highest BCUT2D eigenvalue weighted by molar-refractivity contribution is 7.88. The van der Waals surface area contributed by atoms with Gasteiger partial charge in [-0.05, 0) is 55.4 Å². The van der Waals surface area contributed by atoms with Crippen molar-refractivity contribution in [3.8, 4) is 5.75 Å². The van der Waals surface area contributed by atoms with Gasteiger partial charge in [0.1, 0.15) is 11.8 Å². The number of amides is 1. The smallest absolute Gasteiger partial charge is 0.243 e. The lowest BCUT2D eigenvalue weighted by atomic mass is 9.95. The van der Waals surface area contributed by atoms with Gasteiger partial charge < -0.3 is 10.1 Å². The van der Waals surface area contributed by atoms with Gasteiger partial charge in [0.2, 0.25) is 15.9 Å². The van der Waals surface area contributed by atoms with Crippen LogP contribution >= 0.6 is 0 Å². The monoisotopic (exact) mass is 414 g/mol. The molecule has 1 N–H and O–H groups in total. The SMILES string of the molecule is CS(=O)(=O)N1Cc2ccccc2CC1C(=O)Nc1cccc(OC2CCCC2)c1. The highest BCUT2D eigenvalue weighted by atomic mass is 32.2. The molecule has 0 radical (unpaired) electrons. The first-order valence-electron chi connectivity index (χ1n) is 10.0. The highest BCUT2D eigenvalue weighted by Crippen LogP contribution is 2.28. The van der Waals surface area contributed by atoms with Crippen LogP contribution in [0.15, 0.2) is 48.5 Å². The molecule has 6 nitrogen and oxygen atoms in total. The van der Waals surface area contributed by atoms with E-state index < -0.39 is 16.1 Å². The van der Waals surface area contributed by atoms with E-state index in [0.717, 1.165) is 36.0 Å². The number of rotatable bonds is 5. The van der Waals surface area contributed by atoms with Crippen LogP contribution in [0.1, 0.15) is 36.8 Å². The Morgan fingerprint density at radius 1 is 1.07 bits per heavy atom. The third-order valence-electron chi connectivity index (χ3n) is 5.64. The number of fused-ring (bicyclic) bond motifs is 1. The number of benzene rings is 2. The predicted molar refractivity (Wildman–Crippen MR) is 112 cm³/mol. The minimum absolute atomic E-state index is 0.206. The summed E-state index contributed by atoms with van der Waals surface area (Å²) in [4.78, 5) is 13.0. The Hall–Kier alpha value is -2.38. The van der Waals surface area contributed by atoms with Crippen LogP contribution in [0.5, 0.6) is 5.75 Å². The normalized spacial score (nSPS) is 20.2. The van der Waals surface area contributed by atoms with E-state index in [0.29, 0.717) is 12.1 Å². The van der Waals surface area contributed by atoms with E-state index in [2.05, 4.69) is 5.32 Å². The Balaban J connectivity index is 1.52. The second kappa shape index (κ2) is 8.16. The van der Waals surface area contributed by atoms with Gasteiger partial charge in [-0.2, -0.15) is 4.31 Å². The molecular weight excluding hydrogens is 388 g/mol. The molecule has 0 bridgehead atoms. The van der Waals surface area contributed by atoms with Crippen molar-refractivity contribution in [1.82, 2.24) is 4.31 Å². The lowest BCUT2D eigenvalue weighted by molar-refractivity contribution is -0.120. The van der Waals surface area contributed by atoms with Crippen molar-refractivity contribution in [1.29, 1.82) is 0 Å². The molecule has 2 aliphatic rings. The second-order valence-electron chi connectivity index (χ2n) is 7.84. The van der Waals surface area contributed by atoms with Crippen LogP contribution in [0.2, 0.25) is 0 Å². The molecule has 1 fully saturated rings. The van der Waals surface area contributed by atoms with E-state index in [9.17, 15) is 13.2 Å². The first-order chi connectivity index (χ1) is 13.9. The Morgan fingerprint density at radius 3 is 2.52 bits per heavy atom. The summed E-state index contributed by atoms with van der Waals surface area (Å²) < 4.78 is 32.0. The molecule has 1 saturated carbocycles. The minimum Gasteiger partial charge on any atom is -0.490 e. The quantitative estimate of drug-likeness (QED) is 0.814. The van der Waals surface area contributed by atoms with Crippen molar-refractivity contribution in [3.05, 3.63) is 59.7 Å². The number of nitrogens with one attached hydrogen (secondary N) is 1. The topological polar surface area (TPSA) is 75.7 Å². The molecule has 7 heteroatoms. The summed E-state index contributed by atoms with van der Waals surface area (Å²) >= 11 is 0. The zero-order valence-electron chi connectivity index (χ0n) is 16.5. The van der Waals surface area contributed by atoms with Gasteiger partial charge in [-0.1, -0.05) is 30.3 Å². The van der Waals surface area contributed by atoms with Crippen LogP contribution in [-0.2, 0) is 27.8 Å². The molecule has 1 heterocycles. The molecule has 1 atom stereocenters. The molecular formula is C22H26N2O4S. The van der Waals surface area contributed by atoms with Gasteiger partial charge in [-0.3, -0.25) is 4.79 Å². The van der Waals surface area contributed by atoms with E-state index in [1.165, 1.54) is 17.1 Å². The average Bonchev–Trinajstić information content (AvgIpc) is 3.19. The van der Waals surface area contributed by atoms with Gasteiger partial charge in [-0.25, -0.2) is 8.42 Å². The summed E-state index contributed by atoms with van der Waals surface area (Å²) in [6.45, 7) is 0.206. The zero-order chi connectivity index (χ0) is 20.4. The van der Waals surface area contributed by atoms with Crippen molar-refractivity contribution < 1.29 is 17.9 Å². The number of hydrogen-bond acceptors (Lipinski definition) is 4. The summed E-state index contributed by atoms with van der Waals surface area (Å²) in [5, 5.41) is 2.88. The maximum atomic E-state index is 13.0. The number of sulfonamides is 1. The average molecular weight is 415 g/mol. The summed E-state index contributed by atoms with van der Waals surface area (Å²) in [7, 11) is -3.53. The fourth-order valence-corrected chi connectivity index (χ4v) is 5.15. The molecule has 0 spiro atoms. The number of anilines is 1. The van der Waals surface area contributed by atoms with Gasteiger partial charge in [0.05, 0.1) is 12.4 Å². The van der Waals surface area contributed by atoms with Crippen molar-refractivity contribution in [2.45, 2.75) is 50.8 Å². The molecule has 4 rings (SSSR count). The van der Waals surface area contributed by atoms with E-state index in [1.54, 1.807) is 12.1 Å². The minimum atomic E-state index is -3.53. The fraction of sp³-hybridized carbons (Fsp3) is 0.409. The van der Waals surface area contributed by atoms with E-state index in [1.807, 2.05) is 36.4 Å². The lowest BCUT2D eigenvalue weighted by Gasteiger charge is -2.34. The van der Waals surface area contributed by atoms with Gasteiger partial charge in [0.15, 0.2) is 0 Å². The van der Waals surface area contributed by atoms with Crippen LogP contribution in [-0.4, -0.2) is 37.0 Å². The Labute approximate surface area is 171 Å². The summed E-state index contributed by atoms with van der Waals surface area (Å²) in [5.41, 5.74) is 2.55.